The molecule has 0 N–H and O–H groups in total. The van der Waals surface area contributed by atoms with Gasteiger partial charge in [0.15, 0.2) is 5.65 Å². The third-order valence-electron chi connectivity index (χ3n) is 7.09. The van der Waals surface area contributed by atoms with Gasteiger partial charge in [-0.05, 0) is 56.4 Å². The zero-order valence-corrected chi connectivity index (χ0v) is 20.3. The molecule has 1 aromatic carbocycles. The number of carbonyl (C=O) groups excluding carboxylic acids is 1. The number of halogens is 1. The first-order valence-electron chi connectivity index (χ1n) is 12.5. The van der Waals surface area contributed by atoms with E-state index < -0.39 is 0 Å². The van der Waals surface area contributed by atoms with Gasteiger partial charge < -0.3 is 9.80 Å². The van der Waals surface area contributed by atoms with Crippen LogP contribution in [0.3, 0.4) is 0 Å². The van der Waals surface area contributed by atoms with E-state index >= 15 is 0 Å². The number of aromatic nitrogens is 4. The van der Waals surface area contributed by atoms with Crippen LogP contribution in [0.5, 0.6) is 0 Å². The van der Waals surface area contributed by atoms with Gasteiger partial charge in [-0.15, -0.1) is 0 Å². The first-order valence-corrected chi connectivity index (χ1v) is 12.5. The predicted molar refractivity (Wildman–Crippen MR) is 131 cm³/mol. The molecule has 0 spiro atoms. The zero-order chi connectivity index (χ0) is 23.8. The summed E-state index contributed by atoms with van der Waals surface area (Å²) in [4.78, 5) is 26.9. The van der Waals surface area contributed by atoms with E-state index in [1.54, 1.807) is 16.8 Å². The van der Waals surface area contributed by atoms with Crippen molar-refractivity contribution < 1.29 is 9.18 Å². The molecule has 0 unspecified atom stereocenters. The third kappa shape index (κ3) is 4.38. The fourth-order valence-electron chi connectivity index (χ4n) is 4.78. The van der Waals surface area contributed by atoms with Crippen LogP contribution in [0.25, 0.3) is 16.7 Å². The van der Waals surface area contributed by atoms with Gasteiger partial charge in [0.2, 0.25) is 5.91 Å². The fraction of sp³-hybridized carbons (Fsp3) is 0.538. The van der Waals surface area contributed by atoms with E-state index in [2.05, 4.69) is 18.7 Å². The van der Waals surface area contributed by atoms with Crippen molar-refractivity contribution in [2.45, 2.75) is 52.9 Å². The second-order valence-corrected chi connectivity index (χ2v) is 10.0. The number of hydrogen-bond acceptors (Lipinski definition) is 5. The molecule has 0 radical (unpaired) electrons. The minimum absolute atomic E-state index is 0.233. The topological polar surface area (TPSA) is 67.2 Å². The highest BCUT2D eigenvalue weighted by molar-refractivity contribution is 5.91. The van der Waals surface area contributed by atoms with Crippen molar-refractivity contribution >= 4 is 22.8 Å². The van der Waals surface area contributed by atoms with Crippen LogP contribution >= 0.6 is 0 Å². The Hall–Kier alpha value is -3.03. The molecule has 2 aromatic heterocycles. The van der Waals surface area contributed by atoms with Crippen molar-refractivity contribution in [3.05, 3.63) is 41.6 Å². The summed E-state index contributed by atoms with van der Waals surface area (Å²) in [7, 11) is 0. The maximum absolute atomic E-state index is 13.5. The molecule has 3 heterocycles. The van der Waals surface area contributed by atoms with Crippen molar-refractivity contribution in [1.29, 1.82) is 0 Å². The molecule has 8 heteroatoms. The molecular formula is C26H33FN6O. The van der Waals surface area contributed by atoms with E-state index in [-0.39, 0.29) is 11.7 Å². The smallest absolute Gasteiger partial charge is 0.225 e. The monoisotopic (exact) mass is 464 g/mol. The Kier molecular flexibility index (Phi) is 6.23. The number of carbonyl (C=O) groups is 1. The quantitative estimate of drug-likeness (QED) is 0.544. The standard InChI is InChI=1S/C26H33FN6O/c1-17(2)7-12-22-28-24(31-13-15-32(16-14-31)26(34)19-5-4-6-19)23-18(3)30-33(25(23)29-22)21-10-8-20(27)9-11-21/h8-11,17,19H,4-7,12-16H2,1-3H3. The summed E-state index contributed by atoms with van der Waals surface area (Å²) in [6.45, 7) is 9.29. The van der Waals surface area contributed by atoms with E-state index in [0.29, 0.717) is 24.9 Å². The number of hydrogen-bond donors (Lipinski definition) is 0. The lowest BCUT2D eigenvalue weighted by molar-refractivity contribution is -0.138. The van der Waals surface area contributed by atoms with Crippen LogP contribution in [0.2, 0.25) is 0 Å². The average Bonchev–Trinajstić information content (AvgIpc) is 3.13. The highest BCUT2D eigenvalue weighted by Crippen LogP contribution is 2.32. The Labute approximate surface area is 200 Å². The lowest BCUT2D eigenvalue weighted by Crippen LogP contribution is -2.51. The number of piperazine rings is 1. The molecule has 0 bridgehead atoms. The van der Waals surface area contributed by atoms with Crippen LogP contribution in [-0.4, -0.2) is 56.7 Å². The Morgan fingerprint density at radius 1 is 1.09 bits per heavy atom. The Bertz CT molecular complexity index is 1180. The zero-order valence-electron chi connectivity index (χ0n) is 20.3. The molecule has 1 saturated carbocycles. The van der Waals surface area contributed by atoms with Gasteiger partial charge in [0, 0.05) is 38.5 Å². The van der Waals surface area contributed by atoms with Crippen molar-refractivity contribution in [3.63, 3.8) is 0 Å². The van der Waals surface area contributed by atoms with Crippen LogP contribution in [0.1, 0.15) is 51.0 Å². The lowest BCUT2D eigenvalue weighted by atomic mass is 9.84. The van der Waals surface area contributed by atoms with Crippen LogP contribution in [0.4, 0.5) is 10.2 Å². The molecule has 7 nitrogen and oxygen atoms in total. The SMILES string of the molecule is Cc1nn(-c2ccc(F)cc2)c2nc(CCC(C)C)nc(N3CCN(C(=O)C4CCC4)CC3)c12. The van der Waals surface area contributed by atoms with Gasteiger partial charge >= 0.3 is 0 Å². The van der Waals surface area contributed by atoms with Crippen LogP contribution in [-0.2, 0) is 11.2 Å². The Morgan fingerprint density at radius 3 is 2.41 bits per heavy atom. The Morgan fingerprint density at radius 2 is 1.79 bits per heavy atom. The number of aryl methyl sites for hydroxylation is 2. The van der Waals surface area contributed by atoms with E-state index in [1.807, 2.05) is 11.8 Å². The number of nitrogens with zero attached hydrogens (tertiary/aromatic N) is 6. The molecule has 2 fully saturated rings. The minimum Gasteiger partial charge on any atom is -0.352 e. The molecule has 3 aromatic rings. The van der Waals surface area contributed by atoms with Crippen LogP contribution in [0.15, 0.2) is 24.3 Å². The highest BCUT2D eigenvalue weighted by Gasteiger charge is 2.32. The summed E-state index contributed by atoms with van der Waals surface area (Å²) in [5, 5.41) is 5.69. The van der Waals surface area contributed by atoms with Crippen molar-refractivity contribution in [3.8, 4) is 5.69 Å². The van der Waals surface area contributed by atoms with Gasteiger partial charge in [-0.2, -0.15) is 5.10 Å². The van der Waals surface area contributed by atoms with Crippen LogP contribution in [0, 0.1) is 24.6 Å². The average molecular weight is 465 g/mol. The van der Waals surface area contributed by atoms with Gasteiger partial charge in [-0.25, -0.2) is 19.0 Å². The van der Waals surface area contributed by atoms with Crippen molar-refractivity contribution in [1.82, 2.24) is 24.6 Å². The molecule has 1 amide bonds. The van der Waals surface area contributed by atoms with Crippen LogP contribution < -0.4 is 4.90 Å². The molecular weight excluding hydrogens is 431 g/mol. The van der Waals surface area contributed by atoms with E-state index in [9.17, 15) is 9.18 Å². The van der Waals surface area contributed by atoms with Gasteiger partial charge in [0.05, 0.1) is 16.8 Å². The van der Waals surface area contributed by atoms with Gasteiger partial charge in [-0.1, -0.05) is 20.3 Å². The van der Waals surface area contributed by atoms with Gasteiger partial charge in [0.25, 0.3) is 0 Å². The molecule has 0 atom stereocenters. The summed E-state index contributed by atoms with van der Waals surface area (Å²) >= 11 is 0. The van der Waals surface area contributed by atoms with Crippen molar-refractivity contribution in [2.24, 2.45) is 11.8 Å². The number of anilines is 1. The van der Waals surface area contributed by atoms with E-state index in [0.717, 1.165) is 72.8 Å². The molecule has 1 aliphatic heterocycles. The highest BCUT2D eigenvalue weighted by atomic mass is 19.1. The first kappa shape index (κ1) is 22.7. The number of rotatable bonds is 6. The molecule has 34 heavy (non-hydrogen) atoms. The summed E-state index contributed by atoms with van der Waals surface area (Å²) in [5.41, 5.74) is 2.37. The molecule has 1 saturated heterocycles. The predicted octanol–water partition coefficient (Wildman–Crippen LogP) is 4.30. The number of amides is 1. The summed E-state index contributed by atoms with van der Waals surface area (Å²) < 4.78 is 15.3. The van der Waals surface area contributed by atoms with E-state index in [4.69, 9.17) is 15.1 Å². The summed E-state index contributed by atoms with van der Waals surface area (Å²) in [5.74, 6) is 2.51. The van der Waals surface area contributed by atoms with Gasteiger partial charge in [0.1, 0.15) is 17.5 Å². The second kappa shape index (κ2) is 9.31. The van der Waals surface area contributed by atoms with Gasteiger partial charge in [-0.3, -0.25) is 4.79 Å². The second-order valence-electron chi connectivity index (χ2n) is 10.0. The number of fused-ring (bicyclic) bond motifs is 1. The third-order valence-corrected chi connectivity index (χ3v) is 7.09. The fourth-order valence-corrected chi connectivity index (χ4v) is 4.78. The summed E-state index contributed by atoms with van der Waals surface area (Å²) in [6.07, 6.45) is 5.03. The summed E-state index contributed by atoms with van der Waals surface area (Å²) in [6, 6.07) is 6.33. The molecule has 180 valence electrons. The lowest BCUT2D eigenvalue weighted by Gasteiger charge is -2.38. The molecule has 2 aliphatic rings. The largest absolute Gasteiger partial charge is 0.352 e. The maximum Gasteiger partial charge on any atom is 0.225 e. The molecule has 5 rings (SSSR count). The van der Waals surface area contributed by atoms with Crippen molar-refractivity contribution in [2.75, 3.05) is 31.1 Å². The molecule has 1 aliphatic carbocycles. The first-order chi connectivity index (χ1) is 16.4. The van der Waals surface area contributed by atoms with E-state index in [1.165, 1.54) is 18.6 Å². The Balaban J connectivity index is 1.50. The normalized spacial score (nSPS) is 17.0. The maximum atomic E-state index is 13.5. The minimum atomic E-state index is -0.279. The number of benzene rings is 1.